The van der Waals surface area contributed by atoms with Crippen molar-refractivity contribution in [2.24, 2.45) is 0 Å². The number of nitrogens with zero attached hydrogens (tertiary/aromatic N) is 2. The summed E-state index contributed by atoms with van der Waals surface area (Å²) in [6.45, 7) is 2.86. The van der Waals surface area contributed by atoms with Gasteiger partial charge in [0.15, 0.2) is 5.75 Å². The molecule has 0 saturated heterocycles. The lowest BCUT2D eigenvalue weighted by Crippen LogP contribution is -2.22. The molecule has 0 bridgehead atoms. The van der Waals surface area contributed by atoms with Crippen LogP contribution < -0.4 is 14.8 Å². The molecule has 5 nitrogen and oxygen atoms in total. The van der Waals surface area contributed by atoms with Gasteiger partial charge >= 0.3 is 0 Å². The Labute approximate surface area is 119 Å². The van der Waals surface area contributed by atoms with E-state index in [9.17, 15) is 0 Å². The zero-order chi connectivity index (χ0) is 14.5. The number of methoxy groups -OCH3 is 2. The molecule has 0 aliphatic heterocycles. The molecule has 20 heavy (non-hydrogen) atoms. The van der Waals surface area contributed by atoms with E-state index in [1.54, 1.807) is 20.4 Å². The maximum atomic E-state index is 5.43. The van der Waals surface area contributed by atoms with Crippen molar-refractivity contribution in [2.75, 3.05) is 21.3 Å². The lowest BCUT2D eigenvalue weighted by molar-refractivity contribution is 0.400. The number of ether oxygens (including phenoxy) is 2. The Bertz CT molecular complexity index is 544. The van der Waals surface area contributed by atoms with Crippen molar-refractivity contribution in [3.05, 3.63) is 41.7 Å². The van der Waals surface area contributed by atoms with Crippen molar-refractivity contribution >= 4 is 0 Å². The first-order valence-electron chi connectivity index (χ1n) is 6.66. The van der Waals surface area contributed by atoms with Gasteiger partial charge in [-0.1, -0.05) is 12.1 Å². The molecule has 1 aromatic heterocycles. The van der Waals surface area contributed by atoms with Crippen LogP contribution in [0.1, 0.15) is 24.2 Å². The molecular weight excluding hydrogens is 254 g/mol. The molecule has 0 radical (unpaired) electrons. The van der Waals surface area contributed by atoms with Crippen molar-refractivity contribution in [1.82, 2.24) is 15.1 Å². The van der Waals surface area contributed by atoms with E-state index in [2.05, 4.69) is 23.4 Å². The van der Waals surface area contributed by atoms with Gasteiger partial charge in [0.05, 0.1) is 26.5 Å². The molecule has 2 rings (SSSR count). The molecule has 108 valence electrons. The fourth-order valence-corrected chi connectivity index (χ4v) is 2.36. The number of hydrogen-bond donors (Lipinski definition) is 1. The average Bonchev–Trinajstić information content (AvgIpc) is 2.91. The number of nitrogens with one attached hydrogen (secondary N) is 1. The summed E-state index contributed by atoms with van der Waals surface area (Å²) in [6.07, 6.45) is 1.75. The van der Waals surface area contributed by atoms with E-state index >= 15 is 0 Å². The Kier molecular flexibility index (Phi) is 4.63. The van der Waals surface area contributed by atoms with Crippen molar-refractivity contribution in [3.8, 4) is 11.5 Å². The van der Waals surface area contributed by atoms with Crippen molar-refractivity contribution in [1.29, 1.82) is 0 Å². The molecule has 1 atom stereocenters. The molecule has 1 unspecified atom stereocenters. The summed E-state index contributed by atoms with van der Waals surface area (Å²) < 4.78 is 12.7. The molecule has 0 saturated carbocycles. The van der Waals surface area contributed by atoms with Crippen LogP contribution >= 0.6 is 0 Å². The van der Waals surface area contributed by atoms with Crippen LogP contribution in [0.3, 0.4) is 0 Å². The lowest BCUT2D eigenvalue weighted by atomic mass is 10.0. The second-order valence-electron chi connectivity index (χ2n) is 4.41. The first-order valence-corrected chi connectivity index (χ1v) is 6.66. The van der Waals surface area contributed by atoms with E-state index in [0.29, 0.717) is 0 Å². The second-order valence-corrected chi connectivity index (χ2v) is 4.41. The maximum Gasteiger partial charge on any atom is 0.161 e. The molecule has 0 amide bonds. The summed E-state index contributed by atoms with van der Waals surface area (Å²) in [7, 11) is 5.26. The highest BCUT2D eigenvalue weighted by atomic mass is 16.5. The zero-order valence-electron chi connectivity index (χ0n) is 12.4. The van der Waals surface area contributed by atoms with Crippen molar-refractivity contribution < 1.29 is 9.47 Å². The Morgan fingerprint density at radius 1 is 1.30 bits per heavy atom. The number of aromatic nitrogens is 2. The van der Waals surface area contributed by atoms with Crippen LogP contribution in [0.2, 0.25) is 0 Å². The van der Waals surface area contributed by atoms with Gasteiger partial charge in [0.2, 0.25) is 0 Å². The third kappa shape index (κ3) is 2.63. The Morgan fingerprint density at radius 2 is 2.10 bits per heavy atom. The summed E-state index contributed by atoms with van der Waals surface area (Å²) in [5.74, 6) is 1.62. The fourth-order valence-electron chi connectivity index (χ4n) is 2.36. The second kappa shape index (κ2) is 6.43. The number of benzene rings is 1. The van der Waals surface area contributed by atoms with Gasteiger partial charge in [-0.15, -0.1) is 0 Å². The van der Waals surface area contributed by atoms with Crippen LogP contribution in [0, 0.1) is 0 Å². The van der Waals surface area contributed by atoms with Gasteiger partial charge in [-0.2, -0.15) is 5.10 Å². The summed E-state index contributed by atoms with van der Waals surface area (Å²) in [6, 6.07) is 8.01. The highest BCUT2D eigenvalue weighted by Crippen LogP contribution is 2.31. The van der Waals surface area contributed by atoms with E-state index in [-0.39, 0.29) is 6.04 Å². The summed E-state index contributed by atoms with van der Waals surface area (Å²) in [4.78, 5) is 0. The van der Waals surface area contributed by atoms with Crippen molar-refractivity contribution in [2.45, 2.75) is 19.5 Å². The van der Waals surface area contributed by atoms with Gasteiger partial charge in [0.25, 0.3) is 0 Å². The number of rotatable bonds is 6. The molecule has 0 aliphatic rings. The van der Waals surface area contributed by atoms with E-state index < -0.39 is 0 Å². The van der Waals surface area contributed by atoms with Crippen LogP contribution in [0.15, 0.2) is 30.5 Å². The predicted octanol–water partition coefficient (Wildman–Crippen LogP) is 2.23. The molecule has 0 spiro atoms. The van der Waals surface area contributed by atoms with Gasteiger partial charge in [0.1, 0.15) is 11.4 Å². The van der Waals surface area contributed by atoms with Crippen LogP contribution in [-0.2, 0) is 6.54 Å². The molecule has 5 heteroatoms. The smallest absolute Gasteiger partial charge is 0.161 e. The topological polar surface area (TPSA) is 48.3 Å². The highest BCUT2D eigenvalue weighted by molar-refractivity contribution is 5.39. The van der Waals surface area contributed by atoms with Crippen LogP contribution in [-0.4, -0.2) is 31.0 Å². The largest absolute Gasteiger partial charge is 0.497 e. The monoisotopic (exact) mass is 275 g/mol. The van der Waals surface area contributed by atoms with Gasteiger partial charge in [-0.25, -0.2) is 0 Å². The van der Waals surface area contributed by atoms with Crippen LogP contribution in [0.5, 0.6) is 11.5 Å². The summed E-state index contributed by atoms with van der Waals surface area (Å²) in [5, 5.41) is 7.69. The Morgan fingerprint density at radius 3 is 2.70 bits per heavy atom. The van der Waals surface area contributed by atoms with E-state index in [1.807, 2.05) is 29.9 Å². The predicted molar refractivity (Wildman–Crippen MR) is 78.3 cm³/mol. The van der Waals surface area contributed by atoms with Gasteiger partial charge in [-0.05, 0) is 31.7 Å². The van der Waals surface area contributed by atoms with Gasteiger partial charge < -0.3 is 14.8 Å². The third-order valence-corrected chi connectivity index (χ3v) is 3.35. The normalized spacial score (nSPS) is 12.2. The first kappa shape index (κ1) is 14.4. The number of hydrogen-bond acceptors (Lipinski definition) is 4. The molecule has 1 heterocycles. The number of aryl methyl sites for hydroxylation is 1. The van der Waals surface area contributed by atoms with E-state index in [0.717, 1.165) is 29.3 Å². The quantitative estimate of drug-likeness (QED) is 0.878. The Balaban J connectivity index is 2.48. The van der Waals surface area contributed by atoms with Crippen molar-refractivity contribution in [3.63, 3.8) is 0 Å². The van der Waals surface area contributed by atoms with E-state index in [4.69, 9.17) is 9.47 Å². The molecular formula is C15H21N3O2. The summed E-state index contributed by atoms with van der Waals surface area (Å²) in [5.41, 5.74) is 2.13. The van der Waals surface area contributed by atoms with Crippen LogP contribution in [0.4, 0.5) is 0 Å². The summed E-state index contributed by atoms with van der Waals surface area (Å²) >= 11 is 0. The minimum atomic E-state index is 0.00231. The van der Waals surface area contributed by atoms with Gasteiger partial charge in [0, 0.05) is 6.54 Å². The minimum Gasteiger partial charge on any atom is -0.497 e. The first-order chi connectivity index (χ1) is 9.74. The molecule has 0 aliphatic carbocycles. The molecule has 0 fully saturated rings. The molecule has 2 aromatic rings. The maximum absolute atomic E-state index is 5.43. The molecule has 1 N–H and O–H groups in total. The third-order valence-electron chi connectivity index (χ3n) is 3.35. The average molecular weight is 275 g/mol. The highest BCUT2D eigenvalue weighted by Gasteiger charge is 2.22. The standard InChI is InChI=1S/C15H21N3O2/c1-5-18-15(13(20-4)10-17-18)14(16-2)11-7-6-8-12(9-11)19-3/h6-10,14,16H,5H2,1-4H3. The van der Waals surface area contributed by atoms with Gasteiger partial charge in [-0.3, -0.25) is 4.68 Å². The van der Waals surface area contributed by atoms with E-state index in [1.165, 1.54) is 0 Å². The van der Waals surface area contributed by atoms with Crippen LogP contribution in [0.25, 0.3) is 0 Å². The fraction of sp³-hybridized carbons (Fsp3) is 0.400. The zero-order valence-corrected chi connectivity index (χ0v) is 12.4. The lowest BCUT2D eigenvalue weighted by Gasteiger charge is -2.20. The minimum absolute atomic E-state index is 0.00231. The SMILES string of the molecule is CCn1ncc(OC)c1C(NC)c1cccc(OC)c1. The molecule has 1 aromatic carbocycles. The Hall–Kier alpha value is -2.01.